The number of anilines is 1. The molecule has 4 rings (SSSR count). The standard InChI is InChI=1S/C21H24N4O/c1-15-5-4-8-20(23-15)22-12-16-9-10-25(13-16)14-18-11-17-6-2-3-7-19(17)24-21(18)26/h2-8,11,16H,9-10,12-14H2,1H3,(H,22,23)(H,24,26). The van der Waals surface area contributed by atoms with E-state index in [1.165, 1.54) is 0 Å². The smallest absolute Gasteiger partial charge is 0.252 e. The molecule has 0 radical (unpaired) electrons. The topological polar surface area (TPSA) is 61.0 Å². The molecule has 0 spiro atoms. The second-order valence-corrected chi connectivity index (χ2v) is 7.15. The summed E-state index contributed by atoms with van der Waals surface area (Å²) in [7, 11) is 0. The zero-order valence-electron chi connectivity index (χ0n) is 15.0. The highest BCUT2D eigenvalue weighted by molar-refractivity contribution is 5.78. The van der Waals surface area contributed by atoms with Gasteiger partial charge < -0.3 is 10.3 Å². The fourth-order valence-corrected chi connectivity index (χ4v) is 3.66. The van der Waals surface area contributed by atoms with Crippen LogP contribution in [0.5, 0.6) is 0 Å². The number of likely N-dealkylation sites (tertiary alicyclic amines) is 1. The Morgan fingerprint density at radius 1 is 1.23 bits per heavy atom. The van der Waals surface area contributed by atoms with Crippen molar-refractivity contribution in [2.45, 2.75) is 19.9 Å². The third-order valence-electron chi connectivity index (χ3n) is 5.05. The van der Waals surface area contributed by atoms with Crippen molar-refractivity contribution < 1.29 is 0 Å². The van der Waals surface area contributed by atoms with E-state index in [0.717, 1.165) is 54.0 Å². The summed E-state index contributed by atoms with van der Waals surface area (Å²) in [6, 6.07) is 16.0. The monoisotopic (exact) mass is 348 g/mol. The van der Waals surface area contributed by atoms with Gasteiger partial charge in [0.25, 0.3) is 5.56 Å². The van der Waals surface area contributed by atoms with Gasteiger partial charge in [-0.15, -0.1) is 0 Å². The van der Waals surface area contributed by atoms with E-state index >= 15 is 0 Å². The first-order chi connectivity index (χ1) is 12.7. The Labute approximate surface area is 153 Å². The van der Waals surface area contributed by atoms with Crippen LogP contribution in [0.2, 0.25) is 0 Å². The maximum absolute atomic E-state index is 12.3. The van der Waals surface area contributed by atoms with Crippen LogP contribution in [0, 0.1) is 12.8 Å². The van der Waals surface area contributed by atoms with Gasteiger partial charge in [0, 0.05) is 36.4 Å². The Morgan fingerprint density at radius 2 is 2.12 bits per heavy atom. The van der Waals surface area contributed by atoms with Gasteiger partial charge in [-0.25, -0.2) is 4.98 Å². The van der Waals surface area contributed by atoms with Gasteiger partial charge in [0.2, 0.25) is 0 Å². The van der Waals surface area contributed by atoms with Crippen LogP contribution >= 0.6 is 0 Å². The molecular formula is C21H24N4O. The molecule has 1 saturated heterocycles. The Bertz CT molecular complexity index is 965. The summed E-state index contributed by atoms with van der Waals surface area (Å²) in [6.07, 6.45) is 1.14. The van der Waals surface area contributed by atoms with Crippen molar-refractivity contribution in [2.24, 2.45) is 5.92 Å². The molecule has 1 aromatic carbocycles. The minimum Gasteiger partial charge on any atom is -0.370 e. The third kappa shape index (κ3) is 3.78. The molecule has 1 unspecified atom stereocenters. The van der Waals surface area contributed by atoms with Gasteiger partial charge in [0.05, 0.1) is 0 Å². The average Bonchev–Trinajstić information content (AvgIpc) is 3.08. The van der Waals surface area contributed by atoms with Crippen LogP contribution in [0.15, 0.2) is 53.3 Å². The van der Waals surface area contributed by atoms with Crippen molar-refractivity contribution in [3.63, 3.8) is 0 Å². The van der Waals surface area contributed by atoms with E-state index < -0.39 is 0 Å². The molecule has 2 aromatic heterocycles. The van der Waals surface area contributed by atoms with Crippen molar-refractivity contribution in [1.82, 2.24) is 14.9 Å². The predicted molar refractivity (Wildman–Crippen MR) is 105 cm³/mol. The van der Waals surface area contributed by atoms with E-state index in [-0.39, 0.29) is 5.56 Å². The Hall–Kier alpha value is -2.66. The van der Waals surface area contributed by atoms with Gasteiger partial charge in [-0.1, -0.05) is 24.3 Å². The van der Waals surface area contributed by atoms with E-state index in [9.17, 15) is 4.79 Å². The summed E-state index contributed by atoms with van der Waals surface area (Å²) in [6.45, 7) is 5.66. The summed E-state index contributed by atoms with van der Waals surface area (Å²) in [5, 5.41) is 4.53. The van der Waals surface area contributed by atoms with E-state index in [2.05, 4.69) is 20.2 Å². The number of nitrogens with zero attached hydrogens (tertiary/aromatic N) is 2. The molecule has 26 heavy (non-hydrogen) atoms. The van der Waals surface area contributed by atoms with Gasteiger partial charge in [-0.2, -0.15) is 0 Å². The molecule has 2 N–H and O–H groups in total. The highest BCUT2D eigenvalue weighted by atomic mass is 16.1. The van der Waals surface area contributed by atoms with E-state index in [1.54, 1.807) is 0 Å². The number of rotatable bonds is 5. The number of hydrogen-bond acceptors (Lipinski definition) is 4. The van der Waals surface area contributed by atoms with Crippen molar-refractivity contribution in [3.8, 4) is 0 Å². The first kappa shape index (κ1) is 16.8. The van der Waals surface area contributed by atoms with Gasteiger partial charge in [-0.3, -0.25) is 9.69 Å². The summed E-state index contributed by atoms with van der Waals surface area (Å²) in [4.78, 5) is 22.2. The maximum atomic E-state index is 12.3. The molecule has 134 valence electrons. The van der Waals surface area contributed by atoms with Crippen LogP contribution in [-0.4, -0.2) is 34.5 Å². The zero-order chi connectivity index (χ0) is 17.9. The number of nitrogens with one attached hydrogen (secondary N) is 2. The number of H-pyrrole nitrogens is 1. The number of aryl methyl sites for hydroxylation is 1. The minimum atomic E-state index is 0.0224. The molecule has 1 atom stereocenters. The quantitative estimate of drug-likeness (QED) is 0.743. The summed E-state index contributed by atoms with van der Waals surface area (Å²) in [5.41, 5.74) is 2.79. The Kier molecular flexibility index (Phi) is 4.71. The second kappa shape index (κ2) is 7.30. The molecule has 5 nitrogen and oxygen atoms in total. The first-order valence-corrected chi connectivity index (χ1v) is 9.18. The molecule has 5 heteroatoms. The van der Waals surface area contributed by atoms with Crippen molar-refractivity contribution in [2.75, 3.05) is 25.0 Å². The number of fused-ring (bicyclic) bond motifs is 1. The van der Waals surface area contributed by atoms with Gasteiger partial charge in [0.1, 0.15) is 5.82 Å². The van der Waals surface area contributed by atoms with Gasteiger partial charge in [-0.05, 0) is 55.5 Å². The largest absolute Gasteiger partial charge is 0.370 e. The lowest BCUT2D eigenvalue weighted by atomic mass is 10.1. The summed E-state index contributed by atoms with van der Waals surface area (Å²) >= 11 is 0. The fraction of sp³-hybridized carbons (Fsp3) is 0.333. The highest BCUT2D eigenvalue weighted by Gasteiger charge is 2.23. The summed E-state index contributed by atoms with van der Waals surface area (Å²) < 4.78 is 0. The molecule has 0 amide bonds. The SMILES string of the molecule is Cc1cccc(NCC2CCN(Cc3cc4ccccc4[nH]c3=O)C2)n1. The van der Waals surface area contributed by atoms with Crippen LogP contribution in [0.3, 0.4) is 0 Å². The highest BCUT2D eigenvalue weighted by Crippen LogP contribution is 2.19. The number of pyridine rings is 2. The molecule has 1 aliphatic rings. The predicted octanol–water partition coefficient (Wildman–Crippen LogP) is 3.17. The molecule has 3 aromatic rings. The maximum Gasteiger partial charge on any atom is 0.252 e. The van der Waals surface area contributed by atoms with Crippen molar-refractivity contribution in [3.05, 3.63) is 70.1 Å². The number of para-hydroxylation sites is 1. The lowest BCUT2D eigenvalue weighted by molar-refractivity contribution is 0.317. The lowest BCUT2D eigenvalue weighted by Gasteiger charge is -2.16. The van der Waals surface area contributed by atoms with E-state index in [0.29, 0.717) is 12.5 Å². The van der Waals surface area contributed by atoms with E-state index in [4.69, 9.17) is 0 Å². The molecule has 0 saturated carbocycles. The van der Waals surface area contributed by atoms with Crippen LogP contribution in [0.25, 0.3) is 10.9 Å². The minimum absolute atomic E-state index is 0.0224. The number of aromatic amines is 1. The normalized spacial score (nSPS) is 17.7. The number of hydrogen-bond donors (Lipinski definition) is 2. The summed E-state index contributed by atoms with van der Waals surface area (Å²) in [5.74, 6) is 1.52. The zero-order valence-corrected chi connectivity index (χ0v) is 15.0. The second-order valence-electron chi connectivity index (χ2n) is 7.15. The van der Waals surface area contributed by atoms with Gasteiger partial charge >= 0.3 is 0 Å². The molecule has 0 bridgehead atoms. The van der Waals surface area contributed by atoms with Crippen LogP contribution in [0.1, 0.15) is 17.7 Å². The average molecular weight is 348 g/mol. The number of aromatic nitrogens is 2. The molecule has 3 heterocycles. The van der Waals surface area contributed by atoms with Crippen LogP contribution < -0.4 is 10.9 Å². The first-order valence-electron chi connectivity index (χ1n) is 9.18. The molecule has 1 fully saturated rings. The molecule has 1 aliphatic heterocycles. The van der Waals surface area contributed by atoms with Crippen LogP contribution in [0.4, 0.5) is 5.82 Å². The Balaban J connectivity index is 1.37. The van der Waals surface area contributed by atoms with Crippen molar-refractivity contribution in [1.29, 1.82) is 0 Å². The van der Waals surface area contributed by atoms with Gasteiger partial charge in [0.15, 0.2) is 0 Å². The Morgan fingerprint density at radius 3 is 3.00 bits per heavy atom. The molecular weight excluding hydrogens is 324 g/mol. The third-order valence-corrected chi connectivity index (χ3v) is 5.05. The van der Waals surface area contributed by atoms with E-state index in [1.807, 2.05) is 55.5 Å². The van der Waals surface area contributed by atoms with Crippen molar-refractivity contribution >= 4 is 16.7 Å². The molecule has 0 aliphatic carbocycles. The fourth-order valence-electron chi connectivity index (χ4n) is 3.66. The van der Waals surface area contributed by atoms with Crippen LogP contribution in [-0.2, 0) is 6.54 Å². The number of benzene rings is 1. The lowest BCUT2D eigenvalue weighted by Crippen LogP contribution is -2.26.